The SMILES string of the molecule is COCC(C(=O)O[C@@H]1C/C=C\C=C/C(=O)O[C@H]([C@@H](C)[C@@H](O)[C@@H](C)CC[C@@H](OC(=O)C(C)N(C)C)[C@H](C)[C@H](OC(C)=O)[C@H](C)/C=C/N(C)C=O)C/C=C\[C@H](OC)C[C@H](C)C/C=C(/C)[C@@H](OC)CC[C@@H](C)[C@@H](O)[C@@H]1C)N(C)C. The molecule has 1 aliphatic rings. The number of aliphatic hydroxyl groups excluding tert-OH is 2. The standard InChI is InChI=1S/C59H101N3O14/c1-38-27-28-39(2)50(72-18)31-29-40(3)56(67)44(7)52(76-59(69)49(36-70-16)61(13)14)24-20-19-21-26-54(65)74-51(25-22-23-48(35-38)71-17)43(6)55(66)41(4)30-32-53(75-58(68)46(9)60(11)12)45(8)57(73-47(10)64)42(5)33-34-62(15)37-63/h19-23,26,28,33-34,37-38,40-46,48-53,55-57,66-67H,24-25,27,29-32,35-36H2,1-18H3/b20-19-,23-22-,26-21-,34-33+,39-28-/t38-,40-,41+,42-,43-,44-,45+,46?,48+,49?,50+,51+,52-,53-,55+,56-,57-/m1/s1. The van der Waals surface area contributed by atoms with Crippen molar-refractivity contribution in [1.82, 2.24) is 14.7 Å². The molecular formula is C59H101N3O14. The van der Waals surface area contributed by atoms with E-state index < -0.39 is 90.3 Å². The van der Waals surface area contributed by atoms with Crippen LogP contribution < -0.4 is 0 Å². The van der Waals surface area contributed by atoms with E-state index in [0.29, 0.717) is 32.1 Å². The third-order valence-electron chi connectivity index (χ3n) is 15.2. The molecule has 0 spiro atoms. The second kappa shape index (κ2) is 36.8. The Labute approximate surface area is 457 Å². The molecule has 1 heterocycles. The lowest BCUT2D eigenvalue weighted by molar-refractivity contribution is -0.166. The maximum atomic E-state index is 13.6. The zero-order valence-electron chi connectivity index (χ0n) is 49.6. The van der Waals surface area contributed by atoms with Gasteiger partial charge in [-0.05, 0) is 104 Å². The number of allylic oxidation sites excluding steroid dienone is 3. The quantitative estimate of drug-likeness (QED) is 0.0435. The van der Waals surface area contributed by atoms with E-state index in [0.717, 1.165) is 18.4 Å². The van der Waals surface area contributed by atoms with Crippen LogP contribution in [0.3, 0.4) is 0 Å². The molecule has 0 aromatic rings. The molecule has 1 rings (SSSR count). The molecule has 0 fully saturated rings. The lowest BCUT2D eigenvalue weighted by Gasteiger charge is -2.35. The second-order valence-electron chi connectivity index (χ2n) is 21.9. The number of amides is 1. The van der Waals surface area contributed by atoms with Gasteiger partial charge in [-0.3, -0.25) is 29.0 Å². The number of methoxy groups -OCH3 is 3. The number of hydrogen-bond donors (Lipinski definition) is 2. The van der Waals surface area contributed by atoms with Crippen LogP contribution in [0.1, 0.15) is 121 Å². The molecule has 0 aliphatic carbocycles. The summed E-state index contributed by atoms with van der Waals surface area (Å²) in [7, 11) is 13.6. The van der Waals surface area contributed by atoms with Crippen LogP contribution in [-0.2, 0) is 57.1 Å². The molecule has 0 bridgehead atoms. The monoisotopic (exact) mass is 1080 g/mol. The molecule has 0 saturated carbocycles. The maximum Gasteiger partial charge on any atom is 0.331 e. The van der Waals surface area contributed by atoms with Gasteiger partial charge in [0.25, 0.3) is 0 Å². The van der Waals surface area contributed by atoms with Crippen LogP contribution in [0.5, 0.6) is 0 Å². The second-order valence-corrected chi connectivity index (χ2v) is 21.9. The molecule has 436 valence electrons. The van der Waals surface area contributed by atoms with Gasteiger partial charge in [-0.25, -0.2) is 4.79 Å². The highest BCUT2D eigenvalue weighted by Gasteiger charge is 2.38. The molecule has 17 atom stereocenters. The van der Waals surface area contributed by atoms with Gasteiger partial charge in [0.1, 0.15) is 36.5 Å². The van der Waals surface area contributed by atoms with Gasteiger partial charge in [0.2, 0.25) is 6.41 Å². The van der Waals surface area contributed by atoms with Crippen molar-refractivity contribution in [3.05, 3.63) is 60.4 Å². The van der Waals surface area contributed by atoms with E-state index in [4.69, 9.17) is 33.2 Å². The van der Waals surface area contributed by atoms with E-state index in [-0.39, 0.29) is 55.3 Å². The lowest BCUT2D eigenvalue weighted by atomic mass is 9.82. The molecule has 2 N–H and O–H groups in total. The molecule has 76 heavy (non-hydrogen) atoms. The van der Waals surface area contributed by atoms with Gasteiger partial charge in [0.15, 0.2) is 0 Å². The summed E-state index contributed by atoms with van der Waals surface area (Å²) in [6.07, 6.45) is 15.5. The number of esters is 4. The summed E-state index contributed by atoms with van der Waals surface area (Å²) in [5.74, 6) is -4.21. The molecule has 0 saturated heterocycles. The summed E-state index contributed by atoms with van der Waals surface area (Å²) in [4.78, 5) is 69.3. The van der Waals surface area contributed by atoms with Gasteiger partial charge < -0.3 is 48.3 Å². The Kier molecular flexibility index (Phi) is 33.8. The highest BCUT2D eigenvalue weighted by atomic mass is 16.6. The molecule has 0 radical (unpaired) electrons. The first kappa shape index (κ1) is 69.8. The summed E-state index contributed by atoms with van der Waals surface area (Å²) < 4.78 is 41.5. The molecule has 0 aromatic carbocycles. The number of rotatable bonds is 23. The largest absolute Gasteiger partial charge is 0.462 e. The van der Waals surface area contributed by atoms with E-state index in [9.17, 15) is 34.2 Å². The fourth-order valence-corrected chi connectivity index (χ4v) is 9.39. The Morgan fingerprint density at radius 1 is 0.868 bits per heavy atom. The molecule has 2 unspecified atom stereocenters. The number of ether oxygens (including phenoxy) is 7. The van der Waals surface area contributed by atoms with E-state index >= 15 is 0 Å². The van der Waals surface area contributed by atoms with Crippen molar-refractivity contribution in [3.8, 4) is 0 Å². The van der Waals surface area contributed by atoms with Crippen molar-refractivity contribution in [1.29, 1.82) is 0 Å². The summed E-state index contributed by atoms with van der Waals surface area (Å²) in [5.41, 5.74) is 1.10. The third kappa shape index (κ3) is 25.1. The number of carbonyl (C=O) groups is 5. The minimum atomic E-state index is -0.973. The summed E-state index contributed by atoms with van der Waals surface area (Å²) in [6, 6.07) is -1.23. The Bertz CT molecular complexity index is 1870. The van der Waals surface area contributed by atoms with Crippen molar-refractivity contribution in [2.24, 2.45) is 41.4 Å². The molecular weight excluding hydrogens is 975 g/mol. The zero-order chi connectivity index (χ0) is 57.8. The Morgan fingerprint density at radius 2 is 1.54 bits per heavy atom. The highest BCUT2D eigenvalue weighted by molar-refractivity contribution is 5.82. The van der Waals surface area contributed by atoms with Gasteiger partial charge in [-0.15, -0.1) is 0 Å². The molecule has 0 aromatic heterocycles. The number of cyclic esters (lactones) is 1. The number of aliphatic hydroxyl groups is 2. The summed E-state index contributed by atoms with van der Waals surface area (Å²) >= 11 is 0. The van der Waals surface area contributed by atoms with Crippen LogP contribution in [0.4, 0.5) is 0 Å². The van der Waals surface area contributed by atoms with Crippen LogP contribution in [0.15, 0.2) is 60.4 Å². The zero-order valence-corrected chi connectivity index (χ0v) is 49.6. The lowest BCUT2D eigenvalue weighted by Crippen LogP contribution is -2.44. The smallest absolute Gasteiger partial charge is 0.331 e. The topological polar surface area (TPSA) is 200 Å². The van der Waals surface area contributed by atoms with Crippen LogP contribution in [0.25, 0.3) is 0 Å². The van der Waals surface area contributed by atoms with Crippen LogP contribution in [-0.4, -0.2) is 179 Å². The first-order valence-corrected chi connectivity index (χ1v) is 27.3. The van der Waals surface area contributed by atoms with Gasteiger partial charge in [0, 0.05) is 84.1 Å². The molecule has 17 heteroatoms. The predicted octanol–water partition coefficient (Wildman–Crippen LogP) is 7.74. The first-order chi connectivity index (χ1) is 35.7. The van der Waals surface area contributed by atoms with Crippen molar-refractivity contribution in [2.45, 2.75) is 182 Å². The number of nitrogens with zero attached hydrogens (tertiary/aromatic N) is 3. The summed E-state index contributed by atoms with van der Waals surface area (Å²) in [5, 5.41) is 23.8. The Hall–Kier alpha value is -4.23. The third-order valence-corrected chi connectivity index (χ3v) is 15.2. The highest BCUT2D eigenvalue weighted by Crippen LogP contribution is 2.32. The first-order valence-electron chi connectivity index (χ1n) is 27.3. The molecule has 1 aliphatic heterocycles. The van der Waals surface area contributed by atoms with E-state index in [1.54, 1.807) is 96.7 Å². The van der Waals surface area contributed by atoms with Crippen molar-refractivity contribution >= 4 is 30.3 Å². The van der Waals surface area contributed by atoms with Gasteiger partial charge >= 0.3 is 23.9 Å². The van der Waals surface area contributed by atoms with E-state index in [2.05, 4.69) is 19.9 Å². The number of hydrogen-bond acceptors (Lipinski definition) is 16. The predicted molar refractivity (Wildman–Crippen MR) is 297 cm³/mol. The minimum absolute atomic E-state index is 0.129. The minimum Gasteiger partial charge on any atom is -0.462 e. The van der Waals surface area contributed by atoms with Crippen LogP contribution in [0.2, 0.25) is 0 Å². The van der Waals surface area contributed by atoms with Crippen molar-refractivity contribution < 1.29 is 67.3 Å². The average Bonchev–Trinajstić information content (AvgIpc) is 3.38. The summed E-state index contributed by atoms with van der Waals surface area (Å²) in [6.45, 7) is 18.8. The van der Waals surface area contributed by atoms with E-state index in [1.165, 1.54) is 25.0 Å². The molecule has 1 amide bonds. The average molecular weight is 1080 g/mol. The number of carbonyl (C=O) groups excluding carboxylic acids is 5. The van der Waals surface area contributed by atoms with E-state index in [1.807, 2.05) is 53.7 Å². The van der Waals surface area contributed by atoms with Crippen molar-refractivity contribution in [2.75, 3.05) is 63.2 Å². The fourth-order valence-electron chi connectivity index (χ4n) is 9.39. The maximum absolute atomic E-state index is 13.6. The fraction of sp³-hybridized carbons (Fsp3) is 0.746. The normalized spacial score (nSPS) is 28.6. The molecule has 17 nitrogen and oxygen atoms in total. The van der Waals surface area contributed by atoms with Gasteiger partial charge in [-0.1, -0.05) is 91.0 Å². The van der Waals surface area contributed by atoms with Crippen LogP contribution in [0, 0.1) is 41.4 Å². The van der Waals surface area contributed by atoms with Crippen LogP contribution >= 0.6 is 0 Å². The Balaban J connectivity index is 3.70. The van der Waals surface area contributed by atoms with Crippen molar-refractivity contribution in [3.63, 3.8) is 0 Å². The van der Waals surface area contributed by atoms with Gasteiger partial charge in [-0.2, -0.15) is 0 Å². The number of likely N-dealkylation sites (N-methyl/N-ethyl adjacent to an activating group) is 2. The Morgan fingerprint density at radius 3 is 2.12 bits per heavy atom. The van der Waals surface area contributed by atoms with Gasteiger partial charge in [0.05, 0.1) is 31.0 Å².